The van der Waals surface area contributed by atoms with Gasteiger partial charge in [-0.15, -0.1) is 0 Å². The van der Waals surface area contributed by atoms with Crippen LogP contribution in [0.2, 0.25) is 0 Å². The first-order chi connectivity index (χ1) is 7.71. The topological polar surface area (TPSA) is 66.1 Å². The van der Waals surface area contributed by atoms with E-state index in [9.17, 15) is 8.42 Å². The number of hydrogen-bond donors (Lipinski definition) is 1. The van der Waals surface area contributed by atoms with E-state index < -0.39 is 10.0 Å². The van der Waals surface area contributed by atoms with E-state index in [0.717, 1.165) is 25.7 Å². The molecular formula is C10H17N3O2S. The van der Waals surface area contributed by atoms with Gasteiger partial charge in [0.2, 0.25) is 0 Å². The summed E-state index contributed by atoms with van der Waals surface area (Å²) < 4.78 is 25.9. The molecule has 1 aromatic rings. The van der Waals surface area contributed by atoms with Gasteiger partial charge in [-0.05, 0) is 18.9 Å². The second kappa shape index (κ2) is 4.97. The van der Waals surface area contributed by atoms with Crippen LogP contribution in [0.25, 0.3) is 0 Å². The van der Waals surface area contributed by atoms with Crippen molar-refractivity contribution in [3.8, 4) is 0 Å². The number of nitrogens with one attached hydrogen (secondary N) is 1. The summed E-state index contributed by atoms with van der Waals surface area (Å²) in [5, 5.41) is 6.43. The predicted octanol–water partition coefficient (Wildman–Crippen LogP) is 1.36. The zero-order valence-electron chi connectivity index (χ0n) is 9.22. The van der Waals surface area contributed by atoms with Gasteiger partial charge in [0.15, 0.2) is 5.03 Å². The van der Waals surface area contributed by atoms with Crippen molar-refractivity contribution >= 4 is 10.0 Å². The van der Waals surface area contributed by atoms with Gasteiger partial charge in [-0.25, -0.2) is 8.42 Å². The molecule has 1 saturated heterocycles. The number of rotatable bonds is 2. The first kappa shape index (κ1) is 11.6. The quantitative estimate of drug-likeness (QED) is 0.853. The van der Waals surface area contributed by atoms with Crippen molar-refractivity contribution in [2.24, 2.45) is 0 Å². The SMILES string of the molecule is O=S(=O)(c1ccn[nH]1)N1CCCCCCC1. The van der Waals surface area contributed by atoms with Crippen LogP contribution in [-0.2, 0) is 10.0 Å². The summed E-state index contributed by atoms with van der Waals surface area (Å²) in [6.45, 7) is 1.25. The minimum Gasteiger partial charge on any atom is -0.266 e. The third-order valence-electron chi connectivity index (χ3n) is 2.91. The molecule has 0 saturated carbocycles. The van der Waals surface area contributed by atoms with Gasteiger partial charge in [0, 0.05) is 13.1 Å². The van der Waals surface area contributed by atoms with Gasteiger partial charge in [0.05, 0.1) is 6.20 Å². The zero-order chi connectivity index (χ0) is 11.4. The van der Waals surface area contributed by atoms with Crippen LogP contribution in [0.3, 0.4) is 0 Å². The Bertz CT molecular complexity index is 405. The van der Waals surface area contributed by atoms with Crippen LogP contribution in [0.5, 0.6) is 0 Å². The Kier molecular flexibility index (Phi) is 3.60. The monoisotopic (exact) mass is 243 g/mol. The molecule has 0 aromatic carbocycles. The summed E-state index contributed by atoms with van der Waals surface area (Å²) in [6.07, 6.45) is 6.83. The molecule has 0 aliphatic carbocycles. The fraction of sp³-hybridized carbons (Fsp3) is 0.700. The van der Waals surface area contributed by atoms with Crippen LogP contribution in [0.4, 0.5) is 0 Å². The second-order valence-corrected chi connectivity index (χ2v) is 6.00. The molecule has 2 rings (SSSR count). The Hall–Kier alpha value is -0.880. The average Bonchev–Trinajstić information content (AvgIpc) is 2.68. The maximum Gasteiger partial charge on any atom is 0.259 e. The van der Waals surface area contributed by atoms with Crippen molar-refractivity contribution in [3.05, 3.63) is 12.3 Å². The van der Waals surface area contributed by atoms with Crippen molar-refractivity contribution < 1.29 is 8.42 Å². The third kappa shape index (κ3) is 2.44. The molecular weight excluding hydrogens is 226 g/mol. The maximum absolute atomic E-state index is 12.2. The van der Waals surface area contributed by atoms with E-state index in [0.29, 0.717) is 13.1 Å². The molecule has 6 heteroatoms. The molecule has 0 atom stereocenters. The molecule has 5 nitrogen and oxygen atoms in total. The lowest BCUT2D eigenvalue weighted by atomic mass is 10.1. The van der Waals surface area contributed by atoms with E-state index in [1.807, 2.05) is 0 Å². The Balaban J connectivity index is 2.15. The number of sulfonamides is 1. The molecule has 0 radical (unpaired) electrons. The maximum atomic E-state index is 12.2. The van der Waals surface area contributed by atoms with Gasteiger partial charge in [-0.2, -0.15) is 9.40 Å². The summed E-state index contributed by atoms with van der Waals surface area (Å²) >= 11 is 0. The molecule has 0 amide bonds. The van der Waals surface area contributed by atoms with Crippen molar-refractivity contribution in [3.63, 3.8) is 0 Å². The lowest BCUT2D eigenvalue weighted by molar-refractivity contribution is 0.363. The number of H-pyrrole nitrogens is 1. The normalized spacial score (nSPS) is 20.2. The second-order valence-electron chi connectivity index (χ2n) is 4.09. The standard InChI is InChI=1S/C10H17N3O2S/c14-16(15,10-6-7-11-12-10)13-8-4-2-1-3-5-9-13/h6-7H,1-5,8-9H2,(H,11,12). The average molecular weight is 243 g/mol. The largest absolute Gasteiger partial charge is 0.266 e. The smallest absolute Gasteiger partial charge is 0.259 e. The molecule has 1 aliphatic heterocycles. The summed E-state index contributed by atoms with van der Waals surface area (Å²) in [7, 11) is -3.34. The fourth-order valence-electron chi connectivity index (χ4n) is 1.98. The first-order valence-corrected chi connectivity index (χ1v) is 7.15. The van der Waals surface area contributed by atoms with Gasteiger partial charge in [-0.3, -0.25) is 5.10 Å². The highest BCUT2D eigenvalue weighted by molar-refractivity contribution is 7.89. The van der Waals surface area contributed by atoms with Gasteiger partial charge >= 0.3 is 0 Å². The van der Waals surface area contributed by atoms with Gasteiger partial charge in [0.1, 0.15) is 0 Å². The number of hydrogen-bond acceptors (Lipinski definition) is 3. The third-order valence-corrected chi connectivity index (χ3v) is 4.74. The van der Waals surface area contributed by atoms with Crippen LogP contribution in [0.15, 0.2) is 17.3 Å². The van der Waals surface area contributed by atoms with Crippen LogP contribution in [0, 0.1) is 0 Å². The predicted molar refractivity (Wildman–Crippen MR) is 60.4 cm³/mol. The van der Waals surface area contributed by atoms with Crippen molar-refractivity contribution in [2.75, 3.05) is 13.1 Å². The number of aromatic nitrogens is 2. The first-order valence-electron chi connectivity index (χ1n) is 5.71. The van der Waals surface area contributed by atoms with Crippen LogP contribution in [-0.4, -0.2) is 36.0 Å². The lowest BCUT2D eigenvalue weighted by Gasteiger charge is -2.23. The van der Waals surface area contributed by atoms with Gasteiger partial charge in [-0.1, -0.05) is 19.3 Å². The summed E-state index contributed by atoms with van der Waals surface area (Å²) in [6, 6.07) is 1.51. The Morgan fingerprint density at radius 2 is 1.75 bits per heavy atom. The molecule has 0 bridgehead atoms. The molecule has 0 spiro atoms. The molecule has 2 heterocycles. The van der Waals surface area contributed by atoms with Crippen LogP contribution in [0.1, 0.15) is 32.1 Å². The van der Waals surface area contributed by atoms with E-state index in [1.54, 1.807) is 4.31 Å². The lowest BCUT2D eigenvalue weighted by Crippen LogP contribution is -2.34. The van der Waals surface area contributed by atoms with E-state index in [2.05, 4.69) is 10.2 Å². The van der Waals surface area contributed by atoms with E-state index >= 15 is 0 Å². The summed E-state index contributed by atoms with van der Waals surface area (Å²) in [4.78, 5) is 0. The molecule has 1 fully saturated rings. The number of nitrogens with zero attached hydrogens (tertiary/aromatic N) is 2. The fourth-order valence-corrected chi connectivity index (χ4v) is 3.40. The van der Waals surface area contributed by atoms with Gasteiger partial charge in [0.25, 0.3) is 10.0 Å². The Morgan fingerprint density at radius 3 is 2.31 bits per heavy atom. The minimum atomic E-state index is -3.34. The molecule has 1 aromatic heterocycles. The molecule has 16 heavy (non-hydrogen) atoms. The highest BCUT2D eigenvalue weighted by atomic mass is 32.2. The van der Waals surface area contributed by atoms with E-state index in [1.165, 1.54) is 18.7 Å². The van der Waals surface area contributed by atoms with Gasteiger partial charge < -0.3 is 0 Å². The number of aromatic amines is 1. The van der Waals surface area contributed by atoms with E-state index in [4.69, 9.17) is 0 Å². The Labute approximate surface area is 95.9 Å². The highest BCUT2D eigenvalue weighted by Gasteiger charge is 2.25. The van der Waals surface area contributed by atoms with Crippen molar-refractivity contribution in [1.82, 2.24) is 14.5 Å². The zero-order valence-corrected chi connectivity index (χ0v) is 10.0. The molecule has 0 unspecified atom stereocenters. The Morgan fingerprint density at radius 1 is 1.12 bits per heavy atom. The summed E-state index contributed by atoms with van der Waals surface area (Å²) in [5.41, 5.74) is 0. The molecule has 90 valence electrons. The van der Waals surface area contributed by atoms with Crippen molar-refractivity contribution in [2.45, 2.75) is 37.1 Å². The summed E-state index contributed by atoms with van der Waals surface area (Å²) in [5.74, 6) is 0. The highest BCUT2D eigenvalue weighted by Crippen LogP contribution is 2.17. The van der Waals surface area contributed by atoms with Crippen LogP contribution < -0.4 is 0 Å². The minimum absolute atomic E-state index is 0.202. The molecule has 1 aliphatic rings. The van der Waals surface area contributed by atoms with Crippen molar-refractivity contribution in [1.29, 1.82) is 0 Å². The molecule has 1 N–H and O–H groups in total. The van der Waals surface area contributed by atoms with Crippen LogP contribution >= 0.6 is 0 Å². The van der Waals surface area contributed by atoms with E-state index in [-0.39, 0.29) is 5.03 Å².